The molecule has 1 rings (SSSR count). The van der Waals surface area contributed by atoms with Crippen molar-refractivity contribution in [2.24, 2.45) is 5.92 Å². The molecule has 1 fully saturated rings. The standard InChI is InChI=1S/C10H21N/c1-9(2)6-8-11-7-4-5-10(11)3/h9-10H,4-8H2,1-3H3/t10-/m1/s1. The SMILES string of the molecule is CC(C)CCN1CCC[C@H]1C. The lowest BCUT2D eigenvalue weighted by Gasteiger charge is -2.21. The molecule has 1 heteroatoms. The van der Waals surface area contributed by atoms with Crippen molar-refractivity contribution in [1.82, 2.24) is 4.90 Å². The predicted molar refractivity (Wildman–Crippen MR) is 49.7 cm³/mol. The third-order valence-electron chi connectivity index (χ3n) is 2.68. The van der Waals surface area contributed by atoms with E-state index in [9.17, 15) is 0 Å². The van der Waals surface area contributed by atoms with E-state index in [2.05, 4.69) is 25.7 Å². The highest BCUT2D eigenvalue weighted by atomic mass is 15.2. The molecule has 0 aromatic heterocycles. The van der Waals surface area contributed by atoms with E-state index in [4.69, 9.17) is 0 Å². The Labute approximate surface area is 70.8 Å². The van der Waals surface area contributed by atoms with Crippen molar-refractivity contribution >= 4 is 0 Å². The molecule has 11 heavy (non-hydrogen) atoms. The molecule has 0 N–H and O–H groups in total. The molecule has 66 valence electrons. The lowest BCUT2D eigenvalue weighted by atomic mass is 10.1. The molecule has 0 radical (unpaired) electrons. The molecule has 0 bridgehead atoms. The van der Waals surface area contributed by atoms with E-state index >= 15 is 0 Å². The Hall–Kier alpha value is -0.0400. The predicted octanol–water partition coefficient (Wildman–Crippen LogP) is 2.52. The molecule has 1 aliphatic rings. The summed E-state index contributed by atoms with van der Waals surface area (Å²) < 4.78 is 0. The second kappa shape index (κ2) is 4.10. The van der Waals surface area contributed by atoms with Gasteiger partial charge in [0.25, 0.3) is 0 Å². The van der Waals surface area contributed by atoms with Gasteiger partial charge in [-0.1, -0.05) is 13.8 Å². The van der Waals surface area contributed by atoms with Crippen molar-refractivity contribution < 1.29 is 0 Å². The summed E-state index contributed by atoms with van der Waals surface area (Å²) in [5.74, 6) is 0.864. The van der Waals surface area contributed by atoms with E-state index in [0.717, 1.165) is 12.0 Å². The van der Waals surface area contributed by atoms with E-state index in [1.54, 1.807) is 0 Å². The summed E-state index contributed by atoms with van der Waals surface area (Å²) in [7, 11) is 0. The highest BCUT2D eigenvalue weighted by Crippen LogP contribution is 2.17. The van der Waals surface area contributed by atoms with Crippen molar-refractivity contribution in [1.29, 1.82) is 0 Å². The van der Waals surface area contributed by atoms with E-state index in [-0.39, 0.29) is 0 Å². The minimum absolute atomic E-state index is 0.855. The number of likely N-dealkylation sites (tertiary alicyclic amines) is 1. The van der Waals surface area contributed by atoms with Crippen LogP contribution in [-0.4, -0.2) is 24.0 Å². The van der Waals surface area contributed by atoms with E-state index in [1.807, 2.05) is 0 Å². The smallest absolute Gasteiger partial charge is 0.00674 e. The van der Waals surface area contributed by atoms with Crippen LogP contribution in [0.25, 0.3) is 0 Å². The van der Waals surface area contributed by atoms with Crippen LogP contribution in [0.5, 0.6) is 0 Å². The van der Waals surface area contributed by atoms with Gasteiger partial charge in [-0.25, -0.2) is 0 Å². The average Bonchev–Trinajstić information content (AvgIpc) is 2.31. The number of hydrogen-bond acceptors (Lipinski definition) is 1. The normalized spacial score (nSPS) is 26.7. The summed E-state index contributed by atoms with van der Waals surface area (Å²) in [6.45, 7) is 9.63. The maximum atomic E-state index is 2.62. The summed E-state index contributed by atoms with van der Waals surface area (Å²) in [5, 5.41) is 0. The highest BCUT2D eigenvalue weighted by Gasteiger charge is 2.19. The molecule has 0 unspecified atom stereocenters. The molecule has 0 amide bonds. The van der Waals surface area contributed by atoms with Crippen LogP contribution in [0.3, 0.4) is 0 Å². The van der Waals surface area contributed by atoms with Crippen LogP contribution in [0.4, 0.5) is 0 Å². The van der Waals surface area contributed by atoms with Gasteiger partial charge in [0, 0.05) is 6.04 Å². The molecule has 0 saturated carbocycles. The number of hydrogen-bond donors (Lipinski definition) is 0. The first-order valence-corrected chi connectivity index (χ1v) is 4.94. The van der Waals surface area contributed by atoms with Crippen molar-refractivity contribution in [3.8, 4) is 0 Å². The van der Waals surface area contributed by atoms with Crippen molar-refractivity contribution in [3.63, 3.8) is 0 Å². The van der Waals surface area contributed by atoms with Crippen molar-refractivity contribution in [2.45, 2.75) is 46.1 Å². The quantitative estimate of drug-likeness (QED) is 0.605. The van der Waals surface area contributed by atoms with Gasteiger partial charge in [-0.2, -0.15) is 0 Å². The molecular weight excluding hydrogens is 134 g/mol. The second-order valence-electron chi connectivity index (χ2n) is 4.21. The van der Waals surface area contributed by atoms with Crippen LogP contribution < -0.4 is 0 Å². The molecule has 0 aromatic rings. The van der Waals surface area contributed by atoms with Gasteiger partial charge in [0.05, 0.1) is 0 Å². The molecule has 0 spiro atoms. The Balaban J connectivity index is 2.15. The van der Waals surface area contributed by atoms with Crippen LogP contribution in [0, 0.1) is 5.92 Å². The fourth-order valence-corrected chi connectivity index (χ4v) is 1.75. The van der Waals surface area contributed by atoms with Gasteiger partial charge in [0.2, 0.25) is 0 Å². The molecular formula is C10H21N. The maximum absolute atomic E-state index is 2.62. The number of nitrogens with zero attached hydrogens (tertiary/aromatic N) is 1. The van der Waals surface area contributed by atoms with Crippen LogP contribution in [0.1, 0.15) is 40.0 Å². The summed E-state index contributed by atoms with van der Waals surface area (Å²) in [6, 6.07) is 0.855. The van der Waals surface area contributed by atoms with Gasteiger partial charge in [-0.3, -0.25) is 0 Å². The zero-order valence-corrected chi connectivity index (χ0v) is 8.14. The Morgan fingerprint density at radius 1 is 1.45 bits per heavy atom. The summed E-state index contributed by atoms with van der Waals surface area (Å²) in [4.78, 5) is 2.62. The molecule has 1 saturated heterocycles. The molecule has 1 aliphatic heterocycles. The van der Waals surface area contributed by atoms with E-state index in [0.29, 0.717) is 0 Å². The molecule has 0 aliphatic carbocycles. The van der Waals surface area contributed by atoms with Gasteiger partial charge >= 0.3 is 0 Å². The van der Waals surface area contributed by atoms with Gasteiger partial charge in [-0.15, -0.1) is 0 Å². The van der Waals surface area contributed by atoms with Crippen LogP contribution in [-0.2, 0) is 0 Å². The van der Waals surface area contributed by atoms with Crippen LogP contribution >= 0.6 is 0 Å². The van der Waals surface area contributed by atoms with Crippen LogP contribution in [0.2, 0.25) is 0 Å². The number of rotatable bonds is 3. The fraction of sp³-hybridized carbons (Fsp3) is 1.00. The molecule has 1 nitrogen and oxygen atoms in total. The maximum Gasteiger partial charge on any atom is 0.00674 e. The minimum atomic E-state index is 0.855. The summed E-state index contributed by atoms with van der Waals surface area (Å²) in [5.41, 5.74) is 0. The van der Waals surface area contributed by atoms with Crippen molar-refractivity contribution in [2.75, 3.05) is 13.1 Å². The zero-order valence-electron chi connectivity index (χ0n) is 8.14. The molecule has 1 atom stereocenters. The first kappa shape index (κ1) is 9.05. The van der Waals surface area contributed by atoms with Crippen molar-refractivity contribution in [3.05, 3.63) is 0 Å². The van der Waals surface area contributed by atoms with Gasteiger partial charge < -0.3 is 4.90 Å². The van der Waals surface area contributed by atoms with Gasteiger partial charge in [0.1, 0.15) is 0 Å². The second-order valence-corrected chi connectivity index (χ2v) is 4.21. The summed E-state index contributed by atoms with van der Waals surface area (Å²) in [6.07, 6.45) is 4.20. The van der Waals surface area contributed by atoms with E-state index in [1.165, 1.54) is 32.4 Å². The molecule has 1 heterocycles. The summed E-state index contributed by atoms with van der Waals surface area (Å²) >= 11 is 0. The van der Waals surface area contributed by atoms with Gasteiger partial charge in [0.15, 0.2) is 0 Å². The van der Waals surface area contributed by atoms with E-state index < -0.39 is 0 Å². The topological polar surface area (TPSA) is 3.24 Å². The third-order valence-corrected chi connectivity index (χ3v) is 2.68. The minimum Gasteiger partial charge on any atom is -0.301 e. The molecule has 0 aromatic carbocycles. The first-order valence-electron chi connectivity index (χ1n) is 4.94. The first-order chi connectivity index (χ1) is 5.20. The third kappa shape index (κ3) is 2.82. The Morgan fingerprint density at radius 2 is 2.18 bits per heavy atom. The lowest BCUT2D eigenvalue weighted by Crippen LogP contribution is -2.28. The largest absolute Gasteiger partial charge is 0.301 e. The lowest BCUT2D eigenvalue weighted by molar-refractivity contribution is 0.253. The monoisotopic (exact) mass is 155 g/mol. The van der Waals surface area contributed by atoms with Crippen LogP contribution in [0.15, 0.2) is 0 Å². The Morgan fingerprint density at radius 3 is 2.64 bits per heavy atom. The Bertz CT molecular complexity index is 109. The fourth-order valence-electron chi connectivity index (χ4n) is 1.75. The average molecular weight is 155 g/mol. The highest BCUT2D eigenvalue weighted by molar-refractivity contribution is 4.74. The Kier molecular flexibility index (Phi) is 3.38. The zero-order chi connectivity index (χ0) is 8.27. The van der Waals surface area contributed by atoms with Gasteiger partial charge in [-0.05, 0) is 45.2 Å².